The summed E-state index contributed by atoms with van der Waals surface area (Å²) in [6.07, 6.45) is 9.27. The van der Waals surface area contributed by atoms with Gasteiger partial charge >= 0.3 is 0 Å². The van der Waals surface area contributed by atoms with E-state index in [-0.39, 0.29) is 0 Å². The number of nitrogens with zero attached hydrogens (tertiary/aromatic N) is 2. The van der Waals surface area contributed by atoms with Crippen molar-refractivity contribution in [1.82, 2.24) is 9.80 Å². The van der Waals surface area contributed by atoms with Crippen molar-refractivity contribution in [3.05, 3.63) is 0 Å². The maximum Gasteiger partial charge on any atom is 0.0109 e. The Bertz CT molecular complexity index is 185. The lowest BCUT2D eigenvalue weighted by Crippen LogP contribution is -2.32. The molecule has 1 aliphatic heterocycles. The van der Waals surface area contributed by atoms with Gasteiger partial charge in [-0.2, -0.15) is 0 Å². The predicted octanol–water partition coefficient (Wildman–Crippen LogP) is 2.31. The minimum Gasteiger partial charge on any atom is -0.330 e. The van der Waals surface area contributed by atoms with Gasteiger partial charge in [-0.15, -0.1) is 0 Å². The number of hydrogen-bond acceptors (Lipinski definition) is 3. The van der Waals surface area contributed by atoms with Crippen molar-refractivity contribution in [3.8, 4) is 0 Å². The van der Waals surface area contributed by atoms with E-state index in [1.165, 1.54) is 84.2 Å². The largest absolute Gasteiger partial charge is 0.330 e. The van der Waals surface area contributed by atoms with Crippen LogP contribution in [0.2, 0.25) is 0 Å². The van der Waals surface area contributed by atoms with Crippen LogP contribution >= 0.6 is 0 Å². The quantitative estimate of drug-likeness (QED) is 0.642. The molecule has 0 aromatic rings. The molecule has 1 aliphatic rings. The highest BCUT2D eigenvalue weighted by atomic mass is 15.2. The zero-order valence-corrected chi connectivity index (χ0v) is 12.4. The van der Waals surface area contributed by atoms with Gasteiger partial charge in [-0.05, 0) is 58.4 Å². The van der Waals surface area contributed by atoms with Gasteiger partial charge in [0.2, 0.25) is 0 Å². The molecule has 3 nitrogen and oxygen atoms in total. The van der Waals surface area contributed by atoms with Crippen molar-refractivity contribution in [2.45, 2.75) is 51.9 Å². The first-order valence-electron chi connectivity index (χ1n) is 8.01. The molecular weight excluding hydrogens is 222 g/mol. The van der Waals surface area contributed by atoms with Gasteiger partial charge in [-0.1, -0.05) is 26.2 Å². The molecule has 0 aliphatic carbocycles. The van der Waals surface area contributed by atoms with Gasteiger partial charge < -0.3 is 15.5 Å². The predicted molar refractivity (Wildman–Crippen MR) is 79.9 cm³/mol. The van der Waals surface area contributed by atoms with Crippen LogP contribution in [0.3, 0.4) is 0 Å². The third kappa shape index (κ3) is 7.34. The first-order chi connectivity index (χ1) is 8.86. The Morgan fingerprint density at radius 2 is 1.39 bits per heavy atom. The molecule has 18 heavy (non-hydrogen) atoms. The maximum absolute atomic E-state index is 5.53. The third-order valence-corrected chi connectivity index (χ3v) is 3.94. The van der Waals surface area contributed by atoms with Crippen LogP contribution < -0.4 is 5.73 Å². The lowest BCUT2D eigenvalue weighted by atomic mass is 10.2. The minimum atomic E-state index is 0.852. The smallest absolute Gasteiger partial charge is 0.0109 e. The highest BCUT2D eigenvalue weighted by molar-refractivity contribution is 4.69. The van der Waals surface area contributed by atoms with E-state index in [1.807, 2.05) is 0 Å². The average molecular weight is 255 g/mol. The van der Waals surface area contributed by atoms with Crippen LogP contribution in [-0.4, -0.2) is 55.6 Å². The summed E-state index contributed by atoms with van der Waals surface area (Å²) in [6, 6.07) is 0. The molecule has 1 fully saturated rings. The van der Waals surface area contributed by atoms with Crippen molar-refractivity contribution < 1.29 is 0 Å². The fourth-order valence-corrected chi connectivity index (χ4v) is 2.71. The van der Waals surface area contributed by atoms with Crippen molar-refractivity contribution in [2.75, 3.05) is 45.8 Å². The minimum absolute atomic E-state index is 0.852. The summed E-state index contributed by atoms with van der Waals surface area (Å²) in [5.41, 5.74) is 5.53. The lowest BCUT2D eigenvalue weighted by Gasteiger charge is -2.21. The van der Waals surface area contributed by atoms with Crippen molar-refractivity contribution in [3.63, 3.8) is 0 Å². The van der Waals surface area contributed by atoms with Crippen LogP contribution in [0.4, 0.5) is 0 Å². The van der Waals surface area contributed by atoms with Crippen molar-refractivity contribution in [2.24, 2.45) is 5.73 Å². The van der Waals surface area contributed by atoms with Crippen LogP contribution in [0.25, 0.3) is 0 Å². The Kier molecular flexibility index (Phi) is 9.54. The van der Waals surface area contributed by atoms with Crippen LogP contribution in [0.15, 0.2) is 0 Å². The van der Waals surface area contributed by atoms with E-state index in [0.29, 0.717) is 0 Å². The van der Waals surface area contributed by atoms with Crippen LogP contribution in [-0.2, 0) is 0 Å². The molecule has 0 aromatic carbocycles. The Balaban J connectivity index is 2.08. The van der Waals surface area contributed by atoms with Gasteiger partial charge in [0, 0.05) is 13.1 Å². The second-order valence-electron chi connectivity index (χ2n) is 5.59. The topological polar surface area (TPSA) is 32.5 Å². The Morgan fingerprint density at radius 3 is 1.94 bits per heavy atom. The monoisotopic (exact) mass is 255 g/mol. The SMILES string of the molecule is CCCCCN1CCCN(CCCCCN)CC1. The molecule has 0 saturated carbocycles. The van der Waals surface area contributed by atoms with E-state index in [1.54, 1.807) is 0 Å². The van der Waals surface area contributed by atoms with Crippen molar-refractivity contribution >= 4 is 0 Å². The first-order valence-corrected chi connectivity index (χ1v) is 8.01. The normalized spacial score (nSPS) is 19.0. The summed E-state index contributed by atoms with van der Waals surface area (Å²) in [6.45, 7) is 10.9. The van der Waals surface area contributed by atoms with Crippen LogP contribution in [0.5, 0.6) is 0 Å². The molecule has 1 rings (SSSR count). The molecule has 0 unspecified atom stereocenters. The van der Waals surface area contributed by atoms with E-state index in [9.17, 15) is 0 Å². The average Bonchev–Trinajstić information content (AvgIpc) is 2.61. The molecule has 0 aromatic heterocycles. The van der Waals surface area contributed by atoms with Gasteiger partial charge in [0.1, 0.15) is 0 Å². The first kappa shape index (κ1) is 15.9. The summed E-state index contributed by atoms with van der Waals surface area (Å²) in [5, 5.41) is 0. The Labute approximate surface area is 114 Å². The molecule has 0 amide bonds. The van der Waals surface area contributed by atoms with Gasteiger partial charge in [0.15, 0.2) is 0 Å². The third-order valence-electron chi connectivity index (χ3n) is 3.94. The molecular formula is C15H33N3. The second kappa shape index (κ2) is 10.8. The molecule has 3 heteroatoms. The molecule has 108 valence electrons. The zero-order chi connectivity index (χ0) is 13.1. The summed E-state index contributed by atoms with van der Waals surface area (Å²) in [4.78, 5) is 5.31. The van der Waals surface area contributed by atoms with Gasteiger partial charge in [0.25, 0.3) is 0 Å². The molecule has 0 spiro atoms. The lowest BCUT2D eigenvalue weighted by molar-refractivity contribution is 0.250. The molecule has 0 bridgehead atoms. The fourth-order valence-electron chi connectivity index (χ4n) is 2.71. The Hall–Kier alpha value is -0.120. The van der Waals surface area contributed by atoms with E-state index in [0.717, 1.165) is 6.54 Å². The van der Waals surface area contributed by atoms with Gasteiger partial charge in [-0.25, -0.2) is 0 Å². The van der Waals surface area contributed by atoms with Gasteiger partial charge in [0.05, 0.1) is 0 Å². The fraction of sp³-hybridized carbons (Fsp3) is 1.00. The van der Waals surface area contributed by atoms with E-state index < -0.39 is 0 Å². The standard InChI is InChI=1S/C15H33N3/c1-2-3-6-10-17-12-8-13-18(15-14-17)11-7-4-5-9-16/h2-16H2,1H3. The van der Waals surface area contributed by atoms with Gasteiger partial charge in [-0.3, -0.25) is 0 Å². The maximum atomic E-state index is 5.53. The molecule has 0 atom stereocenters. The number of hydrogen-bond donors (Lipinski definition) is 1. The molecule has 1 heterocycles. The highest BCUT2D eigenvalue weighted by Gasteiger charge is 2.13. The number of nitrogens with two attached hydrogens (primary N) is 1. The molecule has 0 radical (unpaired) electrons. The summed E-state index contributed by atoms with van der Waals surface area (Å²) < 4.78 is 0. The molecule has 1 saturated heterocycles. The Morgan fingerprint density at radius 1 is 0.778 bits per heavy atom. The number of unbranched alkanes of at least 4 members (excludes halogenated alkanes) is 4. The summed E-state index contributed by atoms with van der Waals surface area (Å²) in [7, 11) is 0. The summed E-state index contributed by atoms with van der Waals surface area (Å²) >= 11 is 0. The number of rotatable bonds is 9. The summed E-state index contributed by atoms with van der Waals surface area (Å²) in [5.74, 6) is 0. The van der Waals surface area contributed by atoms with Crippen LogP contribution in [0, 0.1) is 0 Å². The van der Waals surface area contributed by atoms with E-state index in [4.69, 9.17) is 5.73 Å². The highest BCUT2D eigenvalue weighted by Crippen LogP contribution is 2.07. The second-order valence-corrected chi connectivity index (χ2v) is 5.59. The van der Waals surface area contributed by atoms with Crippen molar-refractivity contribution in [1.29, 1.82) is 0 Å². The van der Waals surface area contributed by atoms with E-state index >= 15 is 0 Å². The molecule has 2 N–H and O–H groups in total. The zero-order valence-electron chi connectivity index (χ0n) is 12.4. The van der Waals surface area contributed by atoms with E-state index in [2.05, 4.69) is 16.7 Å². The van der Waals surface area contributed by atoms with Crippen LogP contribution in [0.1, 0.15) is 51.9 Å².